The molecule has 32 heavy (non-hydrogen) atoms. The van der Waals surface area contributed by atoms with Crippen molar-refractivity contribution < 1.29 is 13.9 Å². The number of amides is 1. The highest BCUT2D eigenvalue weighted by molar-refractivity contribution is 14.0. The molecule has 1 aromatic carbocycles. The third-order valence-corrected chi connectivity index (χ3v) is 5.09. The summed E-state index contributed by atoms with van der Waals surface area (Å²) in [5, 5.41) is 6.81. The zero-order chi connectivity index (χ0) is 21.9. The van der Waals surface area contributed by atoms with Crippen molar-refractivity contribution in [1.29, 1.82) is 0 Å². The molecule has 0 spiro atoms. The Morgan fingerprint density at radius 1 is 1.09 bits per heavy atom. The highest BCUT2D eigenvalue weighted by Gasteiger charge is 2.10. The number of nitrogens with one attached hydrogen (secondary N) is 2. The van der Waals surface area contributed by atoms with Crippen molar-refractivity contribution in [3.05, 3.63) is 59.5 Å². The van der Waals surface area contributed by atoms with Gasteiger partial charge < -0.3 is 24.7 Å². The summed E-state index contributed by atoms with van der Waals surface area (Å²) in [7, 11) is 3.51. The lowest BCUT2D eigenvalue weighted by atomic mass is 10.1. The molecule has 1 aliphatic rings. The van der Waals surface area contributed by atoms with E-state index in [0.29, 0.717) is 12.1 Å². The van der Waals surface area contributed by atoms with Crippen molar-refractivity contribution in [3.8, 4) is 0 Å². The maximum atomic E-state index is 12.0. The quantitative estimate of drug-likeness (QED) is 0.281. The number of benzene rings is 1. The summed E-state index contributed by atoms with van der Waals surface area (Å²) in [5.41, 5.74) is 1.73. The van der Waals surface area contributed by atoms with Crippen LogP contribution in [-0.4, -0.2) is 81.7 Å². The molecular formula is C23H34IN5O3. The van der Waals surface area contributed by atoms with Crippen LogP contribution in [0.2, 0.25) is 0 Å². The van der Waals surface area contributed by atoms with Gasteiger partial charge in [-0.3, -0.25) is 9.69 Å². The first-order valence-electron chi connectivity index (χ1n) is 10.8. The lowest BCUT2D eigenvalue weighted by molar-refractivity contribution is 0.0389. The molecule has 2 N–H and O–H groups in total. The maximum Gasteiger partial charge on any atom is 0.253 e. The van der Waals surface area contributed by atoms with E-state index in [1.54, 1.807) is 25.3 Å². The molecule has 2 heterocycles. The number of rotatable bonds is 9. The predicted molar refractivity (Wildman–Crippen MR) is 137 cm³/mol. The number of guanidine groups is 1. The van der Waals surface area contributed by atoms with Crippen LogP contribution in [-0.2, 0) is 17.7 Å². The Morgan fingerprint density at radius 2 is 1.81 bits per heavy atom. The highest BCUT2D eigenvalue weighted by atomic mass is 127. The van der Waals surface area contributed by atoms with Gasteiger partial charge in [-0.1, -0.05) is 12.1 Å². The van der Waals surface area contributed by atoms with Gasteiger partial charge in [0.1, 0.15) is 5.76 Å². The molecule has 2 aromatic rings. The SMILES string of the molecule is CN(C)C(=O)c1ccc(CN=C(NCCc2ccco2)NCCN2CCOCC2)cc1.I. The Balaban J connectivity index is 0.00000363. The van der Waals surface area contributed by atoms with Crippen molar-refractivity contribution in [3.63, 3.8) is 0 Å². The van der Waals surface area contributed by atoms with Gasteiger partial charge in [-0.25, -0.2) is 4.99 Å². The van der Waals surface area contributed by atoms with E-state index in [4.69, 9.17) is 14.1 Å². The molecule has 0 bridgehead atoms. The summed E-state index contributed by atoms with van der Waals surface area (Å²) in [5.74, 6) is 1.72. The van der Waals surface area contributed by atoms with Crippen molar-refractivity contribution in [2.24, 2.45) is 4.99 Å². The first-order chi connectivity index (χ1) is 15.1. The molecule has 1 amide bonds. The predicted octanol–water partition coefficient (Wildman–Crippen LogP) is 2.21. The number of furan rings is 1. The van der Waals surface area contributed by atoms with Crippen molar-refractivity contribution in [2.75, 3.05) is 60.0 Å². The fraction of sp³-hybridized carbons (Fsp3) is 0.478. The number of nitrogens with zero attached hydrogens (tertiary/aromatic N) is 3. The normalized spacial score (nSPS) is 14.5. The van der Waals surface area contributed by atoms with Crippen molar-refractivity contribution in [1.82, 2.24) is 20.4 Å². The van der Waals surface area contributed by atoms with E-state index in [2.05, 4.69) is 15.5 Å². The van der Waals surface area contributed by atoms with Gasteiger partial charge in [0.25, 0.3) is 5.91 Å². The first-order valence-corrected chi connectivity index (χ1v) is 10.8. The topological polar surface area (TPSA) is 82.3 Å². The molecule has 0 unspecified atom stereocenters. The second-order valence-electron chi connectivity index (χ2n) is 7.70. The van der Waals surface area contributed by atoms with E-state index in [1.165, 1.54) is 0 Å². The molecule has 0 atom stereocenters. The molecule has 1 fully saturated rings. The van der Waals surface area contributed by atoms with Gasteiger partial charge in [0.05, 0.1) is 26.0 Å². The molecule has 1 aliphatic heterocycles. The molecule has 3 rings (SSSR count). The van der Waals surface area contributed by atoms with E-state index < -0.39 is 0 Å². The number of ether oxygens (including phenoxy) is 1. The van der Waals surface area contributed by atoms with Gasteiger partial charge >= 0.3 is 0 Å². The minimum atomic E-state index is 0. The molecule has 1 saturated heterocycles. The average molecular weight is 555 g/mol. The Bertz CT molecular complexity index is 819. The number of carbonyl (C=O) groups excluding carboxylic acids is 1. The minimum absolute atomic E-state index is 0. The van der Waals surface area contributed by atoms with Crippen molar-refractivity contribution >= 4 is 35.8 Å². The van der Waals surface area contributed by atoms with Crippen LogP contribution in [0.3, 0.4) is 0 Å². The fourth-order valence-corrected chi connectivity index (χ4v) is 3.27. The maximum absolute atomic E-state index is 12.0. The monoisotopic (exact) mass is 555 g/mol. The third-order valence-electron chi connectivity index (χ3n) is 5.09. The number of morpholine rings is 1. The zero-order valence-electron chi connectivity index (χ0n) is 18.9. The smallest absolute Gasteiger partial charge is 0.253 e. The Hall–Kier alpha value is -2.11. The Morgan fingerprint density at radius 3 is 2.47 bits per heavy atom. The Kier molecular flexibility index (Phi) is 11.5. The van der Waals surface area contributed by atoms with Crippen LogP contribution in [0.5, 0.6) is 0 Å². The van der Waals surface area contributed by atoms with Crippen molar-refractivity contribution in [2.45, 2.75) is 13.0 Å². The van der Waals surface area contributed by atoms with Gasteiger partial charge in [-0.2, -0.15) is 0 Å². The van der Waals surface area contributed by atoms with Gasteiger partial charge in [0.2, 0.25) is 0 Å². The number of hydrogen-bond donors (Lipinski definition) is 2. The third kappa shape index (κ3) is 8.79. The summed E-state index contributed by atoms with van der Waals surface area (Å²) < 4.78 is 10.8. The van der Waals surface area contributed by atoms with Crippen LogP contribution >= 0.6 is 24.0 Å². The summed E-state index contributed by atoms with van der Waals surface area (Å²) >= 11 is 0. The molecule has 0 aliphatic carbocycles. The van der Waals surface area contributed by atoms with E-state index in [9.17, 15) is 4.79 Å². The molecule has 176 valence electrons. The summed E-state index contributed by atoms with van der Waals surface area (Å²) in [4.78, 5) is 20.7. The second kappa shape index (κ2) is 14.1. The Labute approximate surface area is 207 Å². The standard InChI is InChI=1S/C23H33N5O3.HI/c1-27(2)22(29)20-7-5-19(6-8-20)18-26-23(24-10-9-21-4-3-15-31-21)25-11-12-28-13-16-30-17-14-28;/h3-8,15H,9-14,16-18H2,1-2H3,(H2,24,25,26);1H. The summed E-state index contributed by atoms with van der Waals surface area (Å²) in [6.45, 7) is 6.56. The summed E-state index contributed by atoms with van der Waals surface area (Å²) in [6.07, 6.45) is 2.48. The lowest BCUT2D eigenvalue weighted by Gasteiger charge is -2.26. The molecular weight excluding hydrogens is 521 g/mol. The van der Waals surface area contributed by atoms with Gasteiger partial charge in [-0.15, -0.1) is 24.0 Å². The van der Waals surface area contributed by atoms with E-state index in [-0.39, 0.29) is 29.9 Å². The second-order valence-corrected chi connectivity index (χ2v) is 7.70. The highest BCUT2D eigenvalue weighted by Crippen LogP contribution is 2.07. The van der Waals surface area contributed by atoms with E-state index >= 15 is 0 Å². The number of hydrogen-bond acceptors (Lipinski definition) is 5. The van der Waals surface area contributed by atoms with Crippen LogP contribution in [0.15, 0.2) is 52.1 Å². The van der Waals surface area contributed by atoms with E-state index in [0.717, 1.165) is 69.6 Å². The average Bonchev–Trinajstić information content (AvgIpc) is 3.31. The fourth-order valence-electron chi connectivity index (χ4n) is 3.27. The van der Waals surface area contributed by atoms with Crippen LogP contribution in [0.1, 0.15) is 21.7 Å². The molecule has 1 aromatic heterocycles. The van der Waals surface area contributed by atoms with Crippen LogP contribution in [0.4, 0.5) is 0 Å². The minimum Gasteiger partial charge on any atom is -0.469 e. The van der Waals surface area contributed by atoms with E-state index in [1.807, 2.05) is 36.4 Å². The number of halogens is 1. The molecule has 8 nitrogen and oxygen atoms in total. The molecule has 9 heteroatoms. The number of aliphatic imine (C=N–C) groups is 1. The van der Waals surface area contributed by atoms with Crippen LogP contribution < -0.4 is 10.6 Å². The first kappa shape index (κ1) is 26.1. The van der Waals surface area contributed by atoms with Gasteiger partial charge in [-0.05, 0) is 29.8 Å². The molecule has 0 saturated carbocycles. The lowest BCUT2D eigenvalue weighted by Crippen LogP contribution is -2.44. The van der Waals surface area contributed by atoms with Crippen LogP contribution in [0.25, 0.3) is 0 Å². The summed E-state index contributed by atoms with van der Waals surface area (Å²) in [6, 6.07) is 11.5. The van der Waals surface area contributed by atoms with Gasteiger partial charge in [0.15, 0.2) is 5.96 Å². The van der Waals surface area contributed by atoms with Gasteiger partial charge in [0, 0.05) is 58.8 Å². The number of carbonyl (C=O) groups is 1. The largest absolute Gasteiger partial charge is 0.469 e. The zero-order valence-corrected chi connectivity index (χ0v) is 21.2. The van der Waals surface area contributed by atoms with Crippen LogP contribution in [0, 0.1) is 0 Å². The molecule has 0 radical (unpaired) electrons.